The van der Waals surface area contributed by atoms with Crippen LogP contribution < -0.4 is 5.32 Å². The number of benzene rings is 3. The Morgan fingerprint density at radius 2 is 1.84 bits per heavy atom. The third kappa shape index (κ3) is 2.87. The molecule has 31 heavy (non-hydrogen) atoms. The topological polar surface area (TPSA) is 62.5 Å². The van der Waals surface area contributed by atoms with Gasteiger partial charge in [-0.3, -0.25) is 4.79 Å². The van der Waals surface area contributed by atoms with Crippen molar-refractivity contribution in [1.29, 1.82) is 0 Å². The predicted octanol–water partition coefficient (Wildman–Crippen LogP) is 6.10. The molecule has 0 unspecified atom stereocenters. The number of hydrogen-bond donors (Lipinski definition) is 2. The molecule has 2 aliphatic rings. The van der Waals surface area contributed by atoms with Crippen LogP contribution in [0.3, 0.4) is 0 Å². The summed E-state index contributed by atoms with van der Waals surface area (Å²) in [5, 5.41) is 16.0. The number of carbonyl (C=O) groups is 1. The van der Waals surface area contributed by atoms with Crippen LogP contribution in [-0.2, 0) is 4.79 Å². The highest BCUT2D eigenvalue weighted by molar-refractivity contribution is 6.04. The second-order valence-electron chi connectivity index (χ2n) is 8.34. The zero-order valence-corrected chi connectivity index (χ0v) is 16.8. The molecule has 3 aromatic carbocycles. The van der Waals surface area contributed by atoms with Crippen LogP contribution >= 0.6 is 0 Å². The maximum Gasteiger partial charge on any atom is 0.162 e. The molecule has 0 bridgehead atoms. The van der Waals surface area contributed by atoms with Gasteiger partial charge in [-0.25, -0.2) is 0 Å². The van der Waals surface area contributed by atoms with Gasteiger partial charge in [-0.05, 0) is 58.7 Å². The monoisotopic (exact) mass is 407 g/mol. The van der Waals surface area contributed by atoms with E-state index in [4.69, 9.17) is 4.42 Å². The van der Waals surface area contributed by atoms with Crippen LogP contribution in [0.5, 0.6) is 5.75 Å². The van der Waals surface area contributed by atoms with Crippen molar-refractivity contribution in [3.63, 3.8) is 0 Å². The smallest absolute Gasteiger partial charge is 0.162 e. The van der Waals surface area contributed by atoms with Crippen LogP contribution in [0.15, 0.2) is 94.7 Å². The summed E-state index contributed by atoms with van der Waals surface area (Å²) >= 11 is 0. The molecule has 0 saturated heterocycles. The van der Waals surface area contributed by atoms with Crippen LogP contribution in [0, 0.1) is 0 Å². The molecule has 2 heterocycles. The lowest BCUT2D eigenvalue weighted by molar-refractivity contribution is -0.116. The number of phenols is 1. The van der Waals surface area contributed by atoms with Crippen LogP contribution in [0.2, 0.25) is 0 Å². The molecular weight excluding hydrogens is 386 g/mol. The van der Waals surface area contributed by atoms with Crippen LogP contribution in [0.25, 0.3) is 10.8 Å². The van der Waals surface area contributed by atoms with E-state index in [-0.39, 0.29) is 23.4 Å². The first-order chi connectivity index (χ1) is 15.2. The highest BCUT2D eigenvalue weighted by Gasteiger charge is 2.39. The van der Waals surface area contributed by atoms with Crippen molar-refractivity contribution >= 4 is 22.2 Å². The molecule has 4 heteroatoms. The number of aromatic hydroxyl groups is 1. The normalized spacial score (nSPS) is 20.3. The van der Waals surface area contributed by atoms with E-state index in [1.165, 1.54) is 0 Å². The Bertz CT molecular complexity index is 1350. The van der Waals surface area contributed by atoms with E-state index in [1.807, 2.05) is 36.4 Å². The van der Waals surface area contributed by atoms with Gasteiger partial charge in [0.1, 0.15) is 11.5 Å². The summed E-state index contributed by atoms with van der Waals surface area (Å²) < 4.78 is 5.62. The number of rotatable bonds is 2. The van der Waals surface area contributed by atoms with Crippen molar-refractivity contribution in [1.82, 2.24) is 0 Å². The molecule has 0 amide bonds. The summed E-state index contributed by atoms with van der Waals surface area (Å²) in [6.07, 6.45) is 2.80. The quantitative estimate of drug-likeness (QED) is 0.422. The number of allylic oxidation sites excluding steroid dienone is 2. The van der Waals surface area contributed by atoms with Crippen molar-refractivity contribution in [2.45, 2.75) is 24.7 Å². The fourth-order valence-electron chi connectivity index (χ4n) is 5.17. The first-order valence-electron chi connectivity index (χ1n) is 10.6. The fourth-order valence-corrected chi connectivity index (χ4v) is 5.17. The lowest BCUT2D eigenvalue weighted by Gasteiger charge is -2.37. The number of phenolic OH excluding ortho intramolecular Hbond substituents is 1. The summed E-state index contributed by atoms with van der Waals surface area (Å²) in [5.41, 5.74) is 4.79. The zero-order valence-electron chi connectivity index (χ0n) is 16.8. The minimum Gasteiger partial charge on any atom is -0.508 e. The van der Waals surface area contributed by atoms with Gasteiger partial charge in [0.15, 0.2) is 5.78 Å². The molecule has 0 fully saturated rings. The first kappa shape index (κ1) is 18.0. The Morgan fingerprint density at radius 3 is 2.68 bits per heavy atom. The molecule has 1 aliphatic heterocycles. The highest BCUT2D eigenvalue weighted by Crippen LogP contribution is 2.50. The van der Waals surface area contributed by atoms with Gasteiger partial charge in [0.2, 0.25) is 0 Å². The molecule has 1 aliphatic carbocycles. The third-order valence-electron chi connectivity index (χ3n) is 6.49. The van der Waals surface area contributed by atoms with E-state index in [9.17, 15) is 9.90 Å². The SMILES string of the molecule is O=C1C[C@H](c2ccco2)CC2=C1[C@@H](c1cccc(O)c1)c1c(ccc3ccccc13)N2. The Morgan fingerprint density at radius 1 is 0.935 bits per heavy atom. The standard InChI is InChI=1S/C27H21NO3/c29-19-7-3-6-17(13-19)25-26-20-8-2-1-5-16(20)10-11-21(26)28-22-14-18(15-23(30)27(22)25)24-9-4-12-31-24/h1-13,18,25,28-29H,14-15H2/t18-,25+/m1/s1. The molecule has 0 saturated carbocycles. The van der Waals surface area contributed by atoms with Gasteiger partial charge in [-0.1, -0.05) is 42.5 Å². The predicted molar refractivity (Wildman–Crippen MR) is 120 cm³/mol. The van der Waals surface area contributed by atoms with E-state index in [0.717, 1.165) is 51.0 Å². The van der Waals surface area contributed by atoms with Gasteiger partial charge in [-0.15, -0.1) is 0 Å². The van der Waals surface area contributed by atoms with Gasteiger partial charge in [0.25, 0.3) is 0 Å². The van der Waals surface area contributed by atoms with Crippen molar-refractivity contribution in [2.24, 2.45) is 0 Å². The maximum atomic E-state index is 13.5. The highest BCUT2D eigenvalue weighted by atomic mass is 16.3. The molecule has 4 aromatic rings. The lowest BCUT2D eigenvalue weighted by atomic mass is 9.71. The number of Topliss-reactive ketones (excluding diaryl/α,β-unsaturated/α-hetero) is 1. The van der Waals surface area contributed by atoms with Gasteiger partial charge in [0.05, 0.1) is 6.26 Å². The Balaban J connectivity index is 1.58. The molecule has 6 rings (SSSR count). The average molecular weight is 407 g/mol. The molecule has 0 radical (unpaired) electrons. The molecule has 2 atom stereocenters. The number of anilines is 1. The van der Waals surface area contributed by atoms with Crippen LogP contribution in [0.4, 0.5) is 5.69 Å². The van der Waals surface area contributed by atoms with Gasteiger partial charge < -0.3 is 14.8 Å². The molecule has 2 N–H and O–H groups in total. The van der Waals surface area contributed by atoms with Gasteiger partial charge >= 0.3 is 0 Å². The second-order valence-corrected chi connectivity index (χ2v) is 8.34. The largest absolute Gasteiger partial charge is 0.508 e. The molecule has 4 nitrogen and oxygen atoms in total. The number of furan rings is 1. The van der Waals surface area contributed by atoms with Crippen LogP contribution in [0.1, 0.15) is 41.6 Å². The van der Waals surface area contributed by atoms with Crippen molar-refractivity contribution in [3.8, 4) is 5.75 Å². The maximum absolute atomic E-state index is 13.5. The minimum atomic E-state index is -0.227. The van der Waals surface area contributed by atoms with Crippen molar-refractivity contribution in [3.05, 3.63) is 107 Å². The van der Waals surface area contributed by atoms with Gasteiger partial charge in [-0.2, -0.15) is 0 Å². The number of fused-ring (bicyclic) bond motifs is 3. The summed E-state index contributed by atoms with van der Waals surface area (Å²) in [7, 11) is 0. The van der Waals surface area contributed by atoms with E-state index < -0.39 is 0 Å². The fraction of sp³-hybridized carbons (Fsp3) is 0.148. The Kier molecular flexibility index (Phi) is 4.00. The summed E-state index contributed by atoms with van der Waals surface area (Å²) in [4.78, 5) is 13.5. The minimum absolute atomic E-state index is 0.0283. The first-order valence-corrected chi connectivity index (χ1v) is 10.6. The number of ketones is 1. The third-order valence-corrected chi connectivity index (χ3v) is 6.49. The van der Waals surface area contributed by atoms with Gasteiger partial charge in [0, 0.05) is 35.2 Å². The Labute approximate surface area is 179 Å². The number of carbonyl (C=O) groups excluding carboxylic acids is 1. The summed E-state index contributed by atoms with van der Waals surface area (Å²) in [6.45, 7) is 0. The average Bonchev–Trinajstić information content (AvgIpc) is 3.32. The molecule has 152 valence electrons. The van der Waals surface area contributed by atoms with Crippen molar-refractivity contribution in [2.75, 3.05) is 5.32 Å². The molecule has 0 spiro atoms. The molecular formula is C27H21NO3. The number of hydrogen-bond acceptors (Lipinski definition) is 4. The second kappa shape index (κ2) is 6.88. The van der Waals surface area contributed by atoms with E-state index >= 15 is 0 Å². The number of nitrogens with one attached hydrogen (secondary N) is 1. The van der Waals surface area contributed by atoms with E-state index in [1.54, 1.807) is 18.4 Å². The van der Waals surface area contributed by atoms with Crippen molar-refractivity contribution < 1.29 is 14.3 Å². The summed E-state index contributed by atoms with van der Waals surface area (Å²) in [5.74, 6) is 0.980. The summed E-state index contributed by atoms with van der Waals surface area (Å²) in [6, 6.07) is 23.6. The lowest BCUT2D eigenvalue weighted by Crippen LogP contribution is -2.29. The van der Waals surface area contributed by atoms with E-state index in [2.05, 4.69) is 29.6 Å². The zero-order chi connectivity index (χ0) is 20.9. The Hall–Kier alpha value is -3.79. The molecule has 1 aromatic heterocycles. The van der Waals surface area contributed by atoms with Crippen LogP contribution in [-0.4, -0.2) is 10.9 Å². The van der Waals surface area contributed by atoms with E-state index in [0.29, 0.717) is 6.42 Å².